The molecular weight excluding hydrogens is 336 g/mol. The normalized spacial score (nSPS) is 20.0. The summed E-state index contributed by atoms with van der Waals surface area (Å²) in [5.74, 6) is -0.803. The highest BCUT2D eigenvalue weighted by Gasteiger charge is 2.45. The van der Waals surface area contributed by atoms with Gasteiger partial charge in [0.1, 0.15) is 13.2 Å². The molecule has 0 atom stereocenters. The molecule has 0 radical (unpaired) electrons. The van der Waals surface area contributed by atoms with E-state index in [1.165, 1.54) is 5.06 Å². The molecule has 1 aliphatic rings. The lowest BCUT2D eigenvalue weighted by molar-refractivity contribution is -0.251. The van der Waals surface area contributed by atoms with Crippen molar-refractivity contribution in [3.63, 3.8) is 0 Å². The zero-order chi connectivity index (χ0) is 20.1. The fourth-order valence-corrected chi connectivity index (χ4v) is 3.46. The van der Waals surface area contributed by atoms with Crippen molar-refractivity contribution in [3.05, 3.63) is 12.2 Å². The molecule has 150 valence electrons. The third-order valence-corrected chi connectivity index (χ3v) is 4.84. The number of piperidine rings is 1. The second-order valence-electron chi connectivity index (χ2n) is 8.37. The van der Waals surface area contributed by atoms with Crippen LogP contribution >= 0.6 is 0 Å². The van der Waals surface area contributed by atoms with Crippen molar-refractivity contribution in [2.24, 2.45) is 0 Å². The van der Waals surface area contributed by atoms with E-state index >= 15 is 0 Å². The molecule has 1 saturated heterocycles. The monoisotopic (exact) mass is 370 g/mol. The van der Waals surface area contributed by atoms with E-state index < -0.39 is 5.97 Å². The van der Waals surface area contributed by atoms with Crippen LogP contribution in [0.1, 0.15) is 53.9 Å². The van der Waals surface area contributed by atoms with Gasteiger partial charge in [-0.3, -0.25) is 4.79 Å². The van der Waals surface area contributed by atoms with Gasteiger partial charge in [-0.2, -0.15) is 5.06 Å². The summed E-state index contributed by atoms with van der Waals surface area (Å²) in [6, 6.07) is 0.271. The predicted octanol–water partition coefficient (Wildman–Crippen LogP) is 2.38. The van der Waals surface area contributed by atoms with E-state index in [0.29, 0.717) is 12.1 Å². The Morgan fingerprint density at radius 2 is 1.65 bits per heavy atom. The lowest BCUT2D eigenvalue weighted by atomic mass is 9.78. The number of rotatable bonds is 8. The zero-order valence-corrected chi connectivity index (χ0v) is 17.0. The first-order valence-corrected chi connectivity index (χ1v) is 9.04. The van der Waals surface area contributed by atoms with E-state index in [-0.39, 0.29) is 42.7 Å². The second kappa shape index (κ2) is 8.97. The summed E-state index contributed by atoms with van der Waals surface area (Å²) in [6.07, 6.45) is 1.90. The van der Waals surface area contributed by atoms with Crippen LogP contribution in [0.15, 0.2) is 12.2 Å². The minimum atomic E-state index is -0.485. The third-order valence-electron chi connectivity index (χ3n) is 4.84. The molecule has 0 aromatic rings. The fourth-order valence-electron chi connectivity index (χ4n) is 3.46. The summed E-state index contributed by atoms with van der Waals surface area (Å²) in [5.41, 5.74) is -0.333. The van der Waals surface area contributed by atoms with E-state index in [1.807, 2.05) is 34.7 Å². The van der Waals surface area contributed by atoms with E-state index in [1.54, 1.807) is 6.92 Å². The van der Waals surface area contributed by atoms with Gasteiger partial charge in [-0.1, -0.05) is 6.58 Å². The van der Waals surface area contributed by atoms with Crippen LogP contribution < -0.4 is 0 Å². The molecule has 1 N–H and O–H groups in total. The van der Waals surface area contributed by atoms with Crippen molar-refractivity contribution in [2.45, 2.75) is 71.0 Å². The van der Waals surface area contributed by atoms with Gasteiger partial charge in [-0.25, -0.2) is 4.79 Å². The average molecular weight is 370 g/mol. The minimum Gasteiger partial charge on any atom is -0.462 e. The van der Waals surface area contributed by atoms with Gasteiger partial charge in [-0.05, 0) is 54.5 Å². The Balaban J connectivity index is 2.37. The molecule has 0 unspecified atom stereocenters. The minimum absolute atomic E-state index is 0.0324. The van der Waals surface area contributed by atoms with E-state index in [0.717, 1.165) is 12.8 Å². The topological polar surface area (TPSA) is 79.3 Å². The summed E-state index contributed by atoms with van der Waals surface area (Å²) in [6.45, 7) is 13.8. The molecule has 7 nitrogen and oxygen atoms in total. The van der Waals surface area contributed by atoms with Crippen molar-refractivity contribution in [1.29, 1.82) is 0 Å². The number of ether oxygens (including phenoxy) is 2. The highest BCUT2D eigenvalue weighted by Crippen LogP contribution is 2.38. The number of carbonyl (C=O) groups is 2. The summed E-state index contributed by atoms with van der Waals surface area (Å²) >= 11 is 0. The molecule has 0 aliphatic carbocycles. The Hall–Kier alpha value is -1.44. The van der Waals surface area contributed by atoms with Crippen molar-refractivity contribution in [2.75, 3.05) is 26.8 Å². The van der Waals surface area contributed by atoms with Gasteiger partial charge < -0.3 is 19.6 Å². The largest absolute Gasteiger partial charge is 0.462 e. The van der Waals surface area contributed by atoms with Crippen LogP contribution in [0.4, 0.5) is 0 Å². The summed E-state index contributed by atoms with van der Waals surface area (Å²) in [5, 5.41) is 11.8. The Bertz CT molecular complexity index is 512. The molecule has 7 heteroatoms. The van der Waals surface area contributed by atoms with Crippen LogP contribution in [0, 0.1) is 0 Å². The first kappa shape index (κ1) is 22.6. The number of hydrogen-bond acceptors (Lipinski definition) is 7. The smallest absolute Gasteiger partial charge is 0.333 e. The van der Waals surface area contributed by atoms with Crippen LogP contribution in [-0.4, -0.2) is 71.0 Å². The van der Waals surface area contributed by atoms with Gasteiger partial charge in [0.2, 0.25) is 0 Å². The van der Waals surface area contributed by atoms with Crippen LogP contribution in [-0.2, 0) is 19.1 Å². The molecule has 0 aromatic carbocycles. The number of hydroxylamine groups is 2. The van der Waals surface area contributed by atoms with E-state index in [4.69, 9.17) is 9.47 Å². The average Bonchev–Trinajstić information content (AvgIpc) is 2.53. The number of hydrogen-bond donors (Lipinski definition) is 1. The molecule has 1 heterocycles. The summed E-state index contributed by atoms with van der Waals surface area (Å²) in [7, 11) is 1.99. The maximum atomic E-state index is 11.9. The lowest BCUT2D eigenvalue weighted by Crippen LogP contribution is -2.62. The Labute approximate surface area is 156 Å². The van der Waals surface area contributed by atoms with Gasteiger partial charge in [0.15, 0.2) is 0 Å². The van der Waals surface area contributed by atoms with Crippen molar-refractivity contribution >= 4 is 11.9 Å². The van der Waals surface area contributed by atoms with E-state index in [2.05, 4.69) is 11.5 Å². The quantitative estimate of drug-likeness (QED) is 0.399. The van der Waals surface area contributed by atoms with Gasteiger partial charge in [0, 0.05) is 29.2 Å². The standard InChI is InChI=1S/C19H34N2O5/c1-14(2)17(23)26-11-10-25-16(22)8-9-20(7)15-12-18(3,4)21(24)19(5,6)13-15/h15,24H,1,8-13H2,2-7H3. The maximum Gasteiger partial charge on any atom is 0.333 e. The van der Waals surface area contributed by atoms with Crippen LogP contribution in [0.2, 0.25) is 0 Å². The molecule has 0 bridgehead atoms. The molecule has 1 rings (SSSR count). The van der Waals surface area contributed by atoms with Crippen molar-refractivity contribution in [3.8, 4) is 0 Å². The molecule has 0 spiro atoms. The number of nitrogens with zero attached hydrogens (tertiary/aromatic N) is 2. The second-order valence-corrected chi connectivity index (χ2v) is 8.37. The third kappa shape index (κ3) is 6.37. The number of carbonyl (C=O) groups excluding carboxylic acids is 2. The van der Waals surface area contributed by atoms with Gasteiger partial charge in [0.05, 0.1) is 6.42 Å². The molecule has 0 saturated carbocycles. The van der Waals surface area contributed by atoms with Crippen LogP contribution in [0.5, 0.6) is 0 Å². The van der Waals surface area contributed by atoms with Gasteiger partial charge in [0.25, 0.3) is 0 Å². The maximum absolute atomic E-state index is 11.9. The number of esters is 2. The first-order valence-electron chi connectivity index (χ1n) is 9.04. The van der Waals surface area contributed by atoms with Gasteiger partial charge in [-0.15, -0.1) is 0 Å². The highest BCUT2D eigenvalue weighted by molar-refractivity contribution is 5.86. The molecule has 1 fully saturated rings. The van der Waals surface area contributed by atoms with Crippen LogP contribution in [0.3, 0.4) is 0 Å². The first-order chi connectivity index (χ1) is 11.9. The fraction of sp³-hybridized carbons (Fsp3) is 0.789. The molecular formula is C19H34N2O5. The van der Waals surface area contributed by atoms with Crippen molar-refractivity contribution in [1.82, 2.24) is 9.96 Å². The predicted molar refractivity (Wildman–Crippen MR) is 98.8 cm³/mol. The van der Waals surface area contributed by atoms with Crippen LogP contribution in [0.25, 0.3) is 0 Å². The summed E-state index contributed by atoms with van der Waals surface area (Å²) in [4.78, 5) is 25.2. The van der Waals surface area contributed by atoms with E-state index in [9.17, 15) is 14.8 Å². The van der Waals surface area contributed by atoms with Crippen molar-refractivity contribution < 1.29 is 24.3 Å². The Morgan fingerprint density at radius 3 is 2.15 bits per heavy atom. The van der Waals surface area contributed by atoms with Gasteiger partial charge >= 0.3 is 11.9 Å². The zero-order valence-electron chi connectivity index (χ0n) is 17.0. The highest BCUT2D eigenvalue weighted by atomic mass is 16.6. The Kier molecular flexibility index (Phi) is 7.80. The molecule has 0 aromatic heterocycles. The lowest BCUT2D eigenvalue weighted by Gasteiger charge is -2.53. The summed E-state index contributed by atoms with van der Waals surface area (Å²) < 4.78 is 9.96. The molecule has 26 heavy (non-hydrogen) atoms. The Morgan fingerprint density at radius 1 is 1.15 bits per heavy atom. The SMILES string of the molecule is C=C(C)C(=O)OCCOC(=O)CCN(C)C1CC(C)(C)N(O)C(C)(C)C1. The molecule has 1 aliphatic heterocycles. The molecule has 0 amide bonds.